The minimum atomic E-state index is 1.08. The first-order valence-electron chi connectivity index (χ1n) is 13.5. The van der Waals surface area contributed by atoms with E-state index in [9.17, 15) is 0 Å². The molecule has 0 amide bonds. The lowest BCUT2D eigenvalue weighted by atomic mass is 9.91. The van der Waals surface area contributed by atoms with Crippen molar-refractivity contribution < 1.29 is 0 Å². The molecule has 169 valence electrons. The summed E-state index contributed by atoms with van der Waals surface area (Å²) in [7, 11) is 0. The molecule has 0 heterocycles. The van der Waals surface area contributed by atoms with Crippen LogP contribution in [0.15, 0.2) is 30.3 Å². The number of unbranched alkanes of at least 4 members (excludes halogenated alkanes) is 12. The third-order valence-electron chi connectivity index (χ3n) is 7.09. The van der Waals surface area contributed by atoms with Gasteiger partial charge in [-0.1, -0.05) is 121 Å². The van der Waals surface area contributed by atoms with Gasteiger partial charge in [-0.2, -0.15) is 0 Å². The highest BCUT2D eigenvalue weighted by atomic mass is 14.2. The number of benzene rings is 2. The van der Waals surface area contributed by atoms with Gasteiger partial charge in [0.05, 0.1) is 0 Å². The maximum Gasteiger partial charge on any atom is -0.000718 e. The van der Waals surface area contributed by atoms with Crippen molar-refractivity contribution in [2.75, 3.05) is 0 Å². The van der Waals surface area contributed by atoms with E-state index in [0.29, 0.717) is 0 Å². The summed E-state index contributed by atoms with van der Waals surface area (Å²) < 4.78 is 0. The molecule has 0 saturated carbocycles. The molecule has 0 bridgehead atoms. The minimum Gasteiger partial charge on any atom is -0.0654 e. The predicted octanol–water partition coefficient (Wildman–Crippen LogP) is 9.64. The fourth-order valence-corrected chi connectivity index (χ4v) is 5.16. The number of hydrogen-bond donors (Lipinski definition) is 0. The molecule has 0 aromatic heterocycles. The van der Waals surface area contributed by atoms with E-state index in [2.05, 4.69) is 50.2 Å². The van der Waals surface area contributed by atoms with Crippen molar-refractivity contribution in [1.29, 1.82) is 0 Å². The van der Waals surface area contributed by atoms with E-state index in [0.717, 1.165) is 6.42 Å². The zero-order valence-electron chi connectivity index (χ0n) is 20.4. The lowest BCUT2D eigenvalue weighted by Crippen LogP contribution is -1.99. The van der Waals surface area contributed by atoms with Gasteiger partial charge in [0.15, 0.2) is 0 Å². The molecule has 2 aromatic rings. The lowest BCUT2D eigenvalue weighted by molar-refractivity contribution is 0.583. The van der Waals surface area contributed by atoms with E-state index in [1.54, 1.807) is 5.56 Å². The van der Waals surface area contributed by atoms with Gasteiger partial charge in [0.1, 0.15) is 0 Å². The van der Waals surface area contributed by atoms with Crippen LogP contribution < -0.4 is 0 Å². The Morgan fingerprint density at radius 3 is 1.90 bits per heavy atom. The summed E-state index contributed by atoms with van der Waals surface area (Å²) in [6.07, 6.45) is 23.0. The van der Waals surface area contributed by atoms with Crippen molar-refractivity contribution in [3.8, 4) is 11.1 Å². The van der Waals surface area contributed by atoms with Crippen LogP contribution >= 0.6 is 0 Å². The maximum atomic E-state index is 3.92. The van der Waals surface area contributed by atoms with E-state index in [-0.39, 0.29) is 0 Å². The average molecular weight is 418 g/mol. The normalized spacial score (nSPS) is 12.2. The number of fused-ring (bicyclic) bond motifs is 3. The van der Waals surface area contributed by atoms with Gasteiger partial charge in [0.25, 0.3) is 0 Å². The Labute approximate surface area is 192 Å². The quantitative estimate of drug-likeness (QED) is 0.203. The second-order valence-corrected chi connectivity index (χ2v) is 9.74. The zero-order chi connectivity index (χ0) is 21.7. The van der Waals surface area contributed by atoms with E-state index < -0.39 is 0 Å². The molecule has 0 spiro atoms. The Balaban J connectivity index is 1.58. The van der Waals surface area contributed by atoms with Gasteiger partial charge in [-0.3, -0.25) is 0 Å². The Bertz CT molecular complexity index is 770. The van der Waals surface area contributed by atoms with Gasteiger partial charge >= 0.3 is 0 Å². The molecule has 31 heavy (non-hydrogen) atoms. The van der Waals surface area contributed by atoms with Crippen LogP contribution in [0.25, 0.3) is 11.1 Å². The summed E-state index contributed by atoms with van der Waals surface area (Å²) >= 11 is 0. The highest BCUT2D eigenvalue weighted by molar-refractivity contribution is 5.77. The fourth-order valence-electron chi connectivity index (χ4n) is 5.16. The Morgan fingerprint density at radius 2 is 1.23 bits per heavy atom. The van der Waals surface area contributed by atoms with E-state index in [4.69, 9.17) is 0 Å². The first kappa shape index (κ1) is 24.1. The molecule has 3 rings (SSSR count). The summed E-state index contributed by atoms with van der Waals surface area (Å²) in [5.41, 5.74) is 8.99. The van der Waals surface area contributed by atoms with Crippen molar-refractivity contribution in [1.82, 2.24) is 0 Å². The van der Waals surface area contributed by atoms with Crippen LogP contribution in [0, 0.1) is 6.07 Å². The van der Waals surface area contributed by atoms with Crippen molar-refractivity contribution in [2.24, 2.45) is 0 Å². The van der Waals surface area contributed by atoms with Gasteiger partial charge < -0.3 is 0 Å². The molecule has 1 radical (unpaired) electrons. The van der Waals surface area contributed by atoms with Crippen LogP contribution in [-0.2, 0) is 19.3 Å². The van der Waals surface area contributed by atoms with Gasteiger partial charge in [0, 0.05) is 0 Å². The molecule has 1 aliphatic rings. The first-order chi connectivity index (χ1) is 15.3. The molecule has 0 heteroatoms. The van der Waals surface area contributed by atoms with Crippen LogP contribution in [0.5, 0.6) is 0 Å². The molecule has 1 aliphatic carbocycles. The number of hydrogen-bond acceptors (Lipinski definition) is 0. The van der Waals surface area contributed by atoms with Gasteiger partial charge in [-0.25, -0.2) is 0 Å². The summed E-state index contributed by atoms with van der Waals surface area (Å²) in [4.78, 5) is 0. The van der Waals surface area contributed by atoms with Crippen molar-refractivity contribution in [3.05, 3.63) is 58.7 Å². The van der Waals surface area contributed by atoms with Crippen LogP contribution in [0.2, 0.25) is 0 Å². The van der Waals surface area contributed by atoms with Crippen LogP contribution in [-0.4, -0.2) is 0 Å². The predicted molar refractivity (Wildman–Crippen MR) is 137 cm³/mol. The number of rotatable bonds is 16. The summed E-state index contributed by atoms with van der Waals surface area (Å²) in [6.45, 7) is 4.60. The SMILES string of the molecule is CCCCCCCCCc1[c]c2c(cc1CCCCCCCCC)-c1ccccc1C2. The Kier molecular flexibility index (Phi) is 10.7. The van der Waals surface area contributed by atoms with E-state index in [1.165, 1.54) is 131 Å². The first-order valence-corrected chi connectivity index (χ1v) is 13.5. The summed E-state index contributed by atoms with van der Waals surface area (Å²) in [6, 6.07) is 15.5. The van der Waals surface area contributed by atoms with Crippen molar-refractivity contribution in [2.45, 2.75) is 123 Å². The van der Waals surface area contributed by atoms with Gasteiger partial charge in [-0.05, 0) is 71.6 Å². The van der Waals surface area contributed by atoms with Crippen LogP contribution in [0.4, 0.5) is 0 Å². The number of aryl methyl sites for hydroxylation is 2. The fraction of sp³-hybridized carbons (Fsp3) is 0.613. The molecule has 0 fully saturated rings. The highest BCUT2D eigenvalue weighted by Crippen LogP contribution is 2.38. The summed E-state index contributed by atoms with van der Waals surface area (Å²) in [5, 5.41) is 0. The average Bonchev–Trinajstić information content (AvgIpc) is 3.15. The van der Waals surface area contributed by atoms with Crippen molar-refractivity contribution >= 4 is 0 Å². The smallest absolute Gasteiger partial charge is 0.000718 e. The minimum absolute atomic E-state index is 1.08. The third kappa shape index (κ3) is 7.51. The Morgan fingerprint density at radius 1 is 0.645 bits per heavy atom. The molecule has 0 atom stereocenters. The van der Waals surface area contributed by atoms with Crippen LogP contribution in [0.1, 0.15) is 126 Å². The van der Waals surface area contributed by atoms with E-state index >= 15 is 0 Å². The Hall–Kier alpha value is -1.56. The molecule has 0 N–H and O–H groups in total. The highest BCUT2D eigenvalue weighted by Gasteiger charge is 2.20. The summed E-state index contributed by atoms with van der Waals surface area (Å²) in [5.74, 6) is 0. The molecule has 0 nitrogen and oxygen atoms in total. The standard InChI is InChI=1S/C31H45/c1-3-5-7-9-11-13-15-19-26-23-29-24-28-21-17-18-22-30(28)31(29)25-27(26)20-16-14-12-10-8-6-4-2/h17-18,21-22,25H,3-16,19-20,24H2,1-2H3. The molecule has 2 aromatic carbocycles. The topological polar surface area (TPSA) is 0 Å². The monoisotopic (exact) mass is 417 g/mol. The lowest BCUT2D eigenvalue weighted by Gasteiger charge is -2.13. The molecular formula is C31H45. The third-order valence-corrected chi connectivity index (χ3v) is 7.09. The molecular weight excluding hydrogens is 372 g/mol. The van der Waals surface area contributed by atoms with Crippen molar-refractivity contribution in [3.63, 3.8) is 0 Å². The molecule has 0 unspecified atom stereocenters. The second-order valence-electron chi connectivity index (χ2n) is 9.74. The van der Waals surface area contributed by atoms with Gasteiger partial charge in [-0.15, -0.1) is 0 Å². The van der Waals surface area contributed by atoms with Crippen LogP contribution in [0.3, 0.4) is 0 Å². The van der Waals surface area contributed by atoms with E-state index in [1.807, 2.05) is 0 Å². The maximum absolute atomic E-state index is 3.92. The molecule has 0 saturated heterocycles. The molecule has 0 aliphatic heterocycles. The zero-order valence-corrected chi connectivity index (χ0v) is 20.4. The van der Waals surface area contributed by atoms with Gasteiger partial charge in [0.2, 0.25) is 0 Å². The second kappa shape index (κ2) is 13.8. The largest absolute Gasteiger partial charge is 0.0654 e.